The number of nitrogens with one attached hydrogen (secondary N) is 1. The number of aliphatic hydroxyl groups is 1. The number of halogens is 2. The van der Waals surface area contributed by atoms with Gasteiger partial charge in [0.05, 0.1) is 11.1 Å². The first-order valence-corrected chi connectivity index (χ1v) is 6.61. The van der Waals surface area contributed by atoms with E-state index < -0.39 is 6.10 Å². The molecule has 1 rings (SSSR count). The van der Waals surface area contributed by atoms with E-state index in [0.29, 0.717) is 15.9 Å². The number of carbonyl (C=O) groups excluding carboxylic acids is 1. The lowest BCUT2D eigenvalue weighted by Gasteiger charge is -2.17. The van der Waals surface area contributed by atoms with Crippen LogP contribution in [0.25, 0.3) is 0 Å². The number of nitrogens with zero attached hydrogens (tertiary/aromatic N) is 1. The molecule has 0 spiro atoms. The third-order valence-corrected chi connectivity index (χ3v) is 3.96. The average Bonchev–Trinajstić information content (AvgIpc) is 2.62. The fourth-order valence-electron chi connectivity index (χ4n) is 1.52. The Morgan fingerprint density at radius 1 is 1.56 bits per heavy atom. The Hall–Kier alpha value is -0.710. The van der Waals surface area contributed by atoms with Gasteiger partial charge in [-0.2, -0.15) is 0 Å². The molecule has 2 N–H and O–H groups in total. The Morgan fingerprint density at radius 3 is 2.61 bits per heavy atom. The molecule has 0 fully saturated rings. The Morgan fingerprint density at radius 2 is 2.17 bits per heavy atom. The van der Waals surface area contributed by atoms with Gasteiger partial charge in [-0.3, -0.25) is 4.79 Å². The Kier molecular flexibility index (Phi) is 5.50. The number of hydrogen-bond acceptors (Lipinski definition) is 2. The molecule has 6 heteroatoms. The highest BCUT2D eigenvalue weighted by Gasteiger charge is 2.18. The fraction of sp³-hybridized carbons (Fsp3) is 0.583. The molecule has 2 unspecified atom stereocenters. The maximum Gasteiger partial charge on any atom is 0.268 e. The van der Waals surface area contributed by atoms with E-state index in [1.165, 1.54) is 10.6 Å². The van der Waals surface area contributed by atoms with Gasteiger partial charge in [0.1, 0.15) is 10.8 Å². The van der Waals surface area contributed by atoms with Gasteiger partial charge in [0.15, 0.2) is 0 Å². The molecule has 18 heavy (non-hydrogen) atoms. The molecule has 0 aliphatic carbocycles. The zero-order valence-electron chi connectivity index (χ0n) is 10.7. The molecule has 0 aliphatic heterocycles. The highest BCUT2D eigenvalue weighted by Crippen LogP contribution is 2.24. The summed E-state index contributed by atoms with van der Waals surface area (Å²) < 4.78 is 1.51. The smallest absolute Gasteiger partial charge is 0.268 e. The molecule has 0 saturated heterocycles. The van der Waals surface area contributed by atoms with Gasteiger partial charge in [0.25, 0.3) is 5.91 Å². The minimum Gasteiger partial charge on any atom is -0.391 e. The molecule has 0 radical (unpaired) electrons. The fourth-order valence-corrected chi connectivity index (χ4v) is 1.90. The van der Waals surface area contributed by atoms with Crippen molar-refractivity contribution in [2.75, 3.05) is 6.54 Å². The van der Waals surface area contributed by atoms with E-state index >= 15 is 0 Å². The van der Waals surface area contributed by atoms with Crippen LogP contribution in [-0.4, -0.2) is 28.2 Å². The summed E-state index contributed by atoms with van der Waals surface area (Å²) in [7, 11) is 1.66. The molecule has 1 heterocycles. The first kappa shape index (κ1) is 15.3. The van der Waals surface area contributed by atoms with E-state index in [1.807, 2.05) is 13.8 Å². The van der Waals surface area contributed by atoms with Gasteiger partial charge in [0, 0.05) is 13.6 Å². The molecule has 1 amide bonds. The number of aliphatic hydroxyl groups excluding tert-OH is 1. The standard InChI is InChI=1S/C12H18Cl2N2O2/c1-4-7(2)10(17)6-15-12(18)9-5-8(13)11(14)16(9)3/h5,7,10,17H,4,6H2,1-3H3,(H,15,18). The monoisotopic (exact) mass is 292 g/mol. The predicted molar refractivity (Wildman–Crippen MR) is 73.2 cm³/mol. The second kappa shape index (κ2) is 6.45. The number of aromatic nitrogens is 1. The van der Waals surface area contributed by atoms with Crippen molar-refractivity contribution in [3.63, 3.8) is 0 Å². The van der Waals surface area contributed by atoms with Crippen molar-refractivity contribution < 1.29 is 9.90 Å². The van der Waals surface area contributed by atoms with Gasteiger partial charge in [-0.1, -0.05) is 43.5 Å². The maximum absolute atomic E-state index is 11.9. The third kappa shape index (κ3) is 3.40. The summed E-state index contributed by atoms with van der Waals surface area (Å²) in [6.07, 6.45) is 0.309. The zero-order valence-corrected chi connectivity index (χ0v) is 12.2. The number of rotatable bonds is 5. The van der Waals surface area contributed by atoms with Crippen LogP contribution >= 0.6 is 23.2 Å². The van der Waals surface area contributed by atoms with Crippen molar-refractivity contribution in [1.29, 1.82) is 0 Å². The molecule has 102 valence electrons. The van der Waals surface area contributed by atoms with Crippen molar-refractivity contribution in [3.8, 4) is 0 Å². The lowest BCUT2D eigenvalue weighted by molar-refractivity contribution is 0.0843. The van der Waals surface area contributed by atoms with Crippen molar-refractivity contribution in [1.82, 2.24) is 9.88 Å². The lowest BCUT2D eigenvalue weighted by Crippen LogP contribution is -2.36. The van der Waals surface area contributed by atoms with Crippen molar-refractivity contribution in [2.24, 2.45) is 13.0 Å². The van der Waals surface area contributed by atoms with E-state index in [1.54, 1.807) is 7.05 Å². The van der Waals surface area contributed by atoms with Gasteiger partial charge in [-0.05, 0) is 12.0 Å². The van der Waals surface area contributed by atoms with Gasteiger partial charge in [-0.15, -0.1) is 0 Å². The summed E-state index contributed by atoms with van der Waals surface area (Å²) in [6.45, 7) is 4.15. The molecule has 4 nitrogen and oxygen atoms in total. The normalized spacial score (nSPS) is 14.3. The van der Waals surface area contributed by atoms with Crippen LogP contribution in [0.2, 0.25) is 10.2 Å². The maximum atomic E-state index is 11.9. The molecule has 2 atom stereocenters. The van der Waals surface area contributed by atoms with Crippen LogP contribution < -0.4 is 5.32 Å². The first-order chi connectivity index (χ1) is 8.38. The van der Waals surface area contributed by atoms with Crippen LogP contribution in [-0.2, 0) is 7.05 Å². The Bertz CT molecular complexity index is 432. The zero-order chi connectivity index (χ0) is 13.9. The summed E-state index contributed by atoms with van der Waals surface area (Å²) in [5.74, 6) is -0.153. The highest BCUT2D eigenvalue weighted by atomic mass is 35.5. The molecule has 0 aliphatic rings. The molecule has 0 aromatic carbocycles. The molecule has 0 saturated carbocycles. The summed E-state index contributed by atoms with van der Waals surface area (Å²) in [6, 6.07) is 1.51. The molecule has 0 bridgehead atoms. The van der Waals surface area contributed by atoms with E-state index in [-0.39, 0.29) is 18.4 Å². The van der Waals surface area contributed by atoms with E-state index in [9.17, 15) is 9.90 Å². The van der Waals surface area contributed by atoms with E-state index in [0.717, 1.165) is 6.42 Å². The van der Waals surface area contributed by atoms with Crippen molar-refractivity contribution >= 4 is 29.1 Å². The molecule has 1 aromatic rings. The minimum absolute atomic E-state index is 0.144. The number of carbonyl (C=O) groups is 1. The summed E-state index contributed by atoms with van der Waals surface area (Å²) in [5, 5.41) is 13.1. The summed E-state index contributed by atoms with van der Waals surface area (Å²) >= 11 is 11.7. The first-order valence-electron chi connectivity index (χ1n) is 5.85. The highest BCUT2D eigenvalue weighted by molar-refractivity contribution is 6.41. The van der Waals surface area contributed by atoms with Gasteiger partial charge >= 0.3 is 0 Å². The van der Waals surface area contributed by atoms with Crippen molar-refractivity contribution in [2.45, 2.75) is 26.4 Å². The second-order valence-electron chi connectivity index (χ2n) is 4.39. The van der Waals surface area contributed by atoms with Gasteiger partial charge in [0.2, 0.25) is 0 Å². The number of amides is 1. The van der Waals surface area contributed by atoms with Crippen LogP contribution in [0.5, 0.6) is 0 Å². The number of hydrogen-bond donors (Lipinski definition) is 2. The van der Waals surface area contributed by atoms with Crippen LogP contribution in [0.3, 0.4) is 0 Å². The molecule has 1 aromatic heterocycles. The topological polar surface area (TPSA) is 54.3 Å². The summed E-state index contributed by atoms with van der Waals surface area (Å²) in [4.78, 5) is 11.9. The third-order valence-electron chi connectivity index (χ3n) is 3.12. The molecular formula is C12H18Cl2N2O2. The Labute approximate surface area is 117 Å². The van der Waals surface area contributed by atoms with E-state index in [2.05, 4.69) is 5.32 Å². The van der Waals surface area contributed by atoms with Crippen LogP contribution in [0, 0.1) is 5.92 Å². The molecular weight excluding hydrogens is 275 g/mol. The van der Waals surface area contributed by atoms with Gasteiger partial charge < -0.3 is 15.0 Å². The largest absolute Gasteiger partial charge is 0.391 e. The van der Waals surface area contributed by atoms with Gasteiger partial charge in [-0.25, -0.2) is 0 Å². The van der Waals surface area contributed by atoms with Crippen LogP contribution in [0.4, 0.5) is 0 Å². The second-order valence-corrected chi connectivity index (χ2v) is 5.16. The Balaban J connectivity index is 2.63. The predicted octanol–water partition coefficient (Wildman–Crippen LogP) is 2.47. The van der Waals surface area contributed by atoms with Crippen LogP contribution in [0.15, 0.2) is 6.07 Å². The average molecular weight is 293 g/mol. The van der Waals surface area contributed by atoms with Crippen molar-refractivity contribution in [3.05, 3.63) is 21.9 Å². The quantitative estimate of drug-likeness (QED) is 0.876. The van der Waals surface area contributed by atoms with E-state index in [4.69, 9.17) is 23.2 Å². The summed E-state index contributed by atoms with van der Waals surface area (Å²) in [5.41, 5.74) is 0.376. The SMILES string of the molecule is CCC(C)C(O)CNC(=O)c1cc(Cl)c(Cl)n1C. The minimum atomic E-state index is -0.551. The lowest BCUT2D eigenvalue weighted by atomic mass is 10.0. The van der Waals surface area contributed by atoms with Crippen LogP contribution in [0.1, 0.15) is 30.8 Å².